The Morgan fingerprint density at radius 3 is 2.69 bits per heavy atom. The quantitative estimate of drug-likeness (QED) is 0.800. The average Bonchev–Trinajstić information content (AvgIpc) is 2.90. The summed E-state index contributed by atoms with van der Waals surface area (Å²) in [6, 6.07) is 2.61. The van der Waals surface area contributed by atoms with Crippen LogP contribution in [0.4, 0.5) is 17.6 Å². The summed E-state index contributed by atoms with van der Waals surface area (Å²) in [5, 5.41) is 3.36. The highest BCUT2D eigenvalue weighted by Crippen LogP contribution is 2.26. The Labute approximate surface area is 95.1 Å². The molecule has 1 aliphatic heterocycles. The Morgan fingerprint density at radius 2 is 2.00 bits per heavy atom. The van der Waals surface area contributed by atoms with Crippen molar-refractivity contribution in [1.82, 2.24) is 9.97 Å². The molecule has 2 fully saturated rings. The molecule has 5 heteroatoms. The number of nitrogens with zero attached hydrogens (tertiary/aromatic N) is 3. The number of aromatic nitrogens is 2. The minimum absolute atomic E-state index is 0.368. The van der Waals surface area contributed by atoms with Gasteiger partial charge in [-0.2, -0.15) is 9.97 Å². The SMILES string of the molecule is Nc1nc(NC2CC2)cc(N2CCCC2)n1. The van der Waals surface area contributed by atoms with Gasteiger partial charge in [-0.05, 0) is 25.7 Å². The topological polar surface area (TPSA) is 67.1 Å². The van der Waals surface area contributed by atoms with E-state index in [4.69, 9.17) is 5.73 Å². The first-order chi connectivity index (χ1) is 7.81. The van der Waals surface area contributed by atoms with Crippen LogP contribution >= 0.6 is 0 Å². The van der Waals surface area contributed by atoms with Gasteiger partial charge in [0.25, 0.3) is 0 Å². The molecule has 86 valence electrons. The van der Waals surface area contributed by atoms with Crippen LogP contribution in [0.1, 0.15) is 25.7 Å². The van der Waals surface area contributed by atoms with Crippen molar-refractivity contribution in [3.63, 3.8) is 0 Å². The average molecular weight is 219 g/mol. The molecule has 2 heterocycles. The fourth-order valence-corrected chi connectivity index (χ4v) is 2.07. The van der Waals surface area contributed by atoms with Crippen LogP contribution in [0.15, 0.2) is 6.07 Å². The van der Waals surface area contributed by atoms with Gasteiger partial charge < -0.3 is 16.0 Å². The Kier molecular flexibility index (Phi) is 2.31. The maximum Gasteiger partial charge on any atom is 0.223 e. The number of rotatable bonds is 3. The van der Waals surface area contributed by atoms with Gasteiger partial charge in [0.2, 0.25) is 5.95 Å². The first kappa shape index (κ1) is 9.69. The van der Waals surface area contributed by atoms with Crippen molar-refractivity contribution in [2.45, 2.75) is 31.7 Å². The third-order valence-corrected chi connectivity index (χ3v) is 3.09. The smallest absolute Gasteiger partial charge is 0.223 e. The molecule has 0 amide bonds. The zero-order chi connectivity index (χ0) is 11.0. The summed E-state index contributed by atoms with van der Waals surface area (Å²) in [5.41, 5.74) is 5.73. The lowest BCUT2D eigenvalue weighted by Crippen LogP contribution is -2.20. The largest absolute Gasteiger partial charge is 0.368 e. The second-order valence-electron chi connectivity index (χ2n) is 4.58. The van der Waals surface area contributed by atoms with Crippen LogP contribution in [0.3, 0.4) is 0 Å². The lowest BCUT2D eigenvalue weighted by molar-refractivity contribution is 0.929. The van der Waals surface area contributed by atoms with Gasteiger partial charge in [0.1, 0.15) is 11.6 Å². The molecule has 2 aliphatic rings. The highest BCUT2D eigenvalue weighted by atomic mass is 15.2. The van der Waals surface area contributed by atoms with Crippen molar-refractivity contribution < 1.29 is 0 Å². The first-order valence-electron chi connectivity index (χ1n) is 5.97. The zero-order valence-electron chi connectivity index (χ0n) is 9.32. The molecular weight excluding hydrogens is 202 g/mol. The fourth-order valence-electron chi connectivity index (χ4n) is 2.07. The lowest BCUT2D eigenvalue weighted by Gasteiger charge is -2.17. The van der Waals surface area contributed by atoms with Gasteiger partial charge in [-0.1, -0.05) is 0 Å². The number of nitrogens with one attached hydrogen (secondary N) is 1. The van der Waals surface area contributed by atoms with Crippen LogP contribution in [0.25, 0.3) is 0 Å². The van der Waals surface area contributed by atoms with Crippen LogP contribution in [0, 0.1) is 0 Å². The third-order valence-electron chi connectivity index (χ3n) is 3.09. The Hall–Kier alpha value is -1.52. The summed E-state index contributed by atoms with van der Waals surface area (Å²) in [6.07, 6.45) is 4.97. The van der Waals surface area contributed by atoms with Crippen molar-refractivity contribution in [2.24, 2.45) is 0 Å². The molecule has 1 aromatic rings. The Balaban J connectivity index is 1.82. The minimum Gasteiger partial charge on any atom is -0.368 e. The summed E-state index contributed by atoms with van der Waals surface area (Å²) >= 11 is 0. The van der Waals surface area contributed by atoms with Crippen molar-refractivity contribution in [2.75, 3.05) is 29.0 Å². The van der Waals surface area contributed by atoms with Gasteiger partial charge in [-0.3, -0.25) is 0 Å². The van der Waals surface area contributed by atoms with Gasteiger partial charge in [-0.15, -0.1) is 0 Å². The van der Waals surface area contributed by atoms with Gasteiger partial charge in [0.15, 0.2) is 0 Å². The molecule has 16 heavy (non-hydrogen) atoms. The van der Waals surface area contributed by atoms with Crippen LogP contribution in [-0.2, 0) is 0 Å². The number of hydrogen-bond acceptors (Lipinski definition) is 5. The van der Waals surface area contributed by atoms with Crippen LogP contribution in [0.2, 0.25) is 0 Å². The summed E-state index contributed by atoms with van der Waals surface area (Å²) in [4.78, 5) is 10.8. The number of anilines is 3. The zero-order valence-corrected chi connectivity index (χ0v) is 9.32. The molecule has 1 aromatic heterocycles. The fraction of sp³-hybridized carbons (Fsp3) is 0.636. The molecule has 0 spiro atoms. The lowest BCUT2D eigenvalue weighted by atomic mass is 10.4. The number of hydrogen-bond donors (Lipinski definition) is 2. The summed E-state index contributed by atoms with van der Waals surface area (Å²) < 4.78 is 0. The van der Waals surface area contributed by atoms with E-state index in [9.17, 15) is 0 Å². The molecule has 0 bridgehead atoms. The van der Waals surface area contributed by atoms with Crippen LogP contribution in [-0.4, -0.2) is 29.1 Å². The molecule has 1 aliphatic carbocycles. The molecule has 0 aromatic carbocycles. The Bertz CT molecular complexity index is 382. The molecule has 1 saturated carbocycles. The standard InChI is InChI=1S/C11H17N5/c12-11-14-9(13-8-3-4-8)7-10(15-11)16-5-1-2-6-16/h7-8H,1-6H2,(H3,12,13,14,15). The summed E-state index contributed by atoms with van der Waals surface area (Å²) in [7, 11) is 0. The second kappa shape index (κ2) is 3.81. The van der Waals surface area contributed by atoms with E-state index in [0.717, 1.165) is 24.7 Å². The van der Waals surface area contributed by atoms with E-state index in [1.807, 2.05) is 6.07 Å². The van der Waals surface area contributed by atoms with Gasteiger partial charge in [0.05, 0.1) is 0 Å². The van der Waals surface area contributed by atoms with E-state index in [1.165, 1.54) is 25.7 Å². The minimum atomic E-state index is 0.368. The van der Waals surface area contributed by atoms with Gasteiger partial charge in [0, 0.05) is 25.2 Å². The molecule has 5 nitrogen and oxygen atoms in total. The van der Waals surface area contributed by atoms with Crippen molar-refractivity contribution in [3.8, 4) is 0 Å². The predicted molar refractivity (Wildman–Crippen MR) is 64.5 cm³/mol. The van der Waals surface area contributed by atoms with Gasteiger partial charge in [-0.25, -0.2) is 0 Å². The van der Waals surface area contributed by atoms with Crippen molar-refractivity contribution in [3.05, 3.63) is 6.07 Å². The van der Waals surface area contributed by atoms with E-state index in [0.29, 0.717) is 12.0 Å². The van der Waals surface area contributed by atoms with E-state index in [2.05, 4.69) is 20.2 Å². The second-order valence-corrected chi connectivity index (χ2v) is 4.58. The normalized spacial score (nSPS) is 20.1. The molecule has 0 unspecified atom stereocenters. The molecule has 3 rings (SSSR count). The first-order valence-corrected chi connectivity index (χ1v) is 5.97. The van der Waals surface area contributed by atoms with Crippen molar-refractivity contribution >= 4 is 17.6 Å². The van der Waals surface area contributed by atoms with Gasteiger partial charge >= 0.3 is 0 Å². The number of nitrogen functional groups attached to an aromatic ring is 1. The van der Waals surface area contributed by atoms with E-state index in [-0.39, 0.29) is 0 Å². The van der Waals surface area contributed by atoms with Crippen LogP contribution in [0.5, 0.6) is 0 Å². The molecule has 0 atom stereocenters. The van der Waals surface area contributed by atoms with Crippen molar-refractivity contribution in [1.29, 1.82) is 0 Å². The van der Waals surface area contributed by atoms with Crippen LogP contribution < -0.4 is 16.0 Å². The van der Waals surface area contributed by atoms with E-state index in [1.54, 1.807) is 0 Å². The molecule has 3 N–H and O–H groups in total. The molecule has 0 radical (unpaired) electrons. The highest BCUT2D eigenvalue weighted by molar-refractivity contribution is 5.53. The third kappa shape index (κ3) is 2.03. The maximum atomic E-state index is 5.73. The maximum absolute atomic E-state index is 5.73. The summed E-state index contributed by atoms with van der Waals surface area (Å²) in [6.45, 7) is 2.17. The predicted octanol–water partition coefficient (Wildman–Crippen LogP) is 1.23. The molecular formula is C11H17N5. The van der Waals surface area contributed by atoms with E-state index < -0.39 is 0 Å². The summed E-state index contributed by atoms with van der Waals surface area (Å²) in [5.74, 6) is 2.21. The molecule has 1 saturated heterocycles. The monoisotopic (exact) mass is 219 g/mol. The number of nitrogens with two attached hydrogens (primary N) is 1. The highest BCUT2D eigenvalue weighted by Gasteiger charge is 2.22. The Morgan fingerprint density at radius 1 is 1.25 bits per heavy atom. The van der Waals surface area contributed by atoms with E-state index >= 15 is 0 Å².